The summed E-state index contributed by atoms with van der Waals surface area (Å²) >= 11 is 0. The van der Waals surface area contributed by atoms with Crippen molar-refractivity contribution in [3.05, 3.63) is 72.3 Å². The molecule has 2 amide bonds. The standard InChI is InChI=1S/C19H21N3O2/c1-14-8-10-16(11-9-14)15(2)21-22-19(24)13-12-18(23)20-17-6-4-3-5-7-17/h3-11,21H,2,12-13H2,1H3,(H,20,23)(H,22,24). The molecule has 0 aromatic heterocycles. The highest BCUT2D eigenvalue weighted by molar-refractivity contribution is 5.93. The summed E-state index contributed by atoms with van der Waals surface area (Å²) in [6.45, 7) is 5.87. The van der Waals surface area contributed by atoms with Crippen molar-refractivity contribution < 1.29 is 9.59 Å². The van der Waals surface area contributed by atoms with Gasteiger partial charge in [-0.2, -0.15) is 0 Å². The molecule has 0 unspecified atom stereocenters. The minimum Gasteiger partial charge on any atom is -0.326 e. The number of hydrazine groups is 1. The van der Waals surface area contributed by atoms with Crippen molar-refractivity contribution in [2.45, 2.75) is 19.8 Å². The average molecular weight is 323 g/mol. The zero-order chi connectivity index (χ0) is 17.4. The Kier molecular flexibility index (Phi) is 6.14. The van der Waals surface area contributed by atoms with Crippen molar-refractivity contribution in [2.24, 2.45) is 0 Å². The van der Waals surface area contributed by atoms with Crippen molar-refractivity contribution in [2.75, 3.05) is 5.32 Å². The van der Waals surface area contributed by atoms with E-state index in [0.29, 0.717) is 11.4 Å². The van der Waals surface area contributed by atoms with Crippen molar-refractivity contribution in [1.29, 1.82) is 0 Å². The number of hydrogen-bond acceptors (Lipinski definition) is 3. The maximum atomic E-state index is 11.8. The first-order valence-electron chi connectivity index (χ1n) is 7.70. The van der Waals surface area contributed by atoms with Gasteiger partial charge in [-0.25, -0.2) is 0 Å². The highest BCUT2D eigenvalue weighted by atomic mass is 16.2. The van der Waals surface area contributed by atoms with Crippen LogP contribution in [0.25, 0.3) is 5.70 Å². The zero-order valence-corrected chi connectivity index (χ0v) is 13.6. The summed E-state index contributed by atoms with van der Waals surface area (Å²) in [4.78, 5) is 23.6. The van der Waals surface area contributed by atoms with Crippen LogP contribution in [-0.4, -0.2) is 11.8 Å². The molecule has 0 heterocycles. The summed E-state index contributed by atoms with van der Waals surface area (Å²) in [7, 11) is 0. The molecule has 0 spiro atoms. The molecule has 0 radical (unpaired) electrons. The molecule has 2 aromatic carbocycles. The number of carbonyl (C=O) groups excluding carboxylic acids is 2. The van der Waals surface area contributed by atoms with E-state index in [0.717, 1.165) is 11.1 Å². The Bertz CT molecular complexity index is 709. The van der Waals surface area contributed by atoms with Gasteiger partial charge in [0.25, 0.3) is 0 Å². The molecule has 2 aromatic rings. The summed E-state index contributed by atoms with van der Waals surface area (Å²) in [5.74, 6) is -0.472. The van der Waals surface area contributed by atoms with Gasteiger partial charge in [0.05, 0.1) is 5.70 Å². The molecule has 124 valence electrons. The molecule has 3 N–H and O–H groups in total. The monoisotopic (exact) mass is 323 g/mol. The van der Waals surface area contributed by atoms with Gasteiger partial charge in [-0.15, -0.1) is 0 Å². The summed E-state index contributed by atoms with van der Waals surface area (Å²) < 4.78 is 0. The molecule has 5 heteroatoms. The first-order valence-corrected chi connectivity index (χ1v) is 7.70. The molecule has 0 saturated carbocycles. The van der Waals surface area contributed by atoms with E-state index in [2.05, 4.69) is 22.7 Å². The Hall–Kier alpha value is -3.08. The number of para-hydroxylation sites is 1. The van der Waals surface area contributed by atoms with Crippen molar-refractivity contribution in [3.8, 4) is 0 Å². The van der Waals surface area contributed by atoms with Gasteiger partial charge >= 0.3 is 0 Å². The Morgan fingerprint density at radius 3 is 2.17 bits per heavy atom. The SMILES string of the molecule is C=C(NNC(=O)CCC(=O)Nc1ccccc1)c1ccc(C)cc1. The number of benzene rings is 2. The van der Waals surface area contributed by atoms with E-state index < -0.39 is 0 Å². The fourth-order valence-corrected chi connectivity index (χ4v) is 2.01. The average Bonchev–Trinajstić information content (AvgIpc) is 2.59. The van der Waals surface area contributed by atoms with Crippen molar-refractivity contribution in [3.63, 3.8) is 0 Å². The smallest absolute Gasteiger partial charge is 0.238 e. The lowest BCUT2D eigenvalue weighted by molar-refractivity contribution is -0.124. The Balaban J connectivity index is 1.70. The summed E-state index contributed by atoms with van der Waals surface area (Å²) in [6.07, 6.45) is 0.201. The van der Waals surface area contributed by atoms with Crippen molar-refractivity contribution in [1.82, 2.24) is 10.9 Å². The van der Waals surface area contributed by atoms with Gasteiger partial charge in [0.2, 0.25) is 11.8 Å². The third kappa shape index (κ3) is 5.61. The van der Waals surface area contributed by atoms with Crippen LogP contribution in [-0.2, 0) is 9.59 Å². The molecule has 24 heavy (non-hydrogen) atoms. The van der Waals surface area contributed by atoms with Crippen LogP contribution in [0.4, 0.5) is 5.69 Å². The van der Waals surface area contributed by atoms with E-state index in [1.165, 1.54) is 0 Å². The maximum Gasteiger partial charge on any atom is 0.238 e. The second-order valence-corrected chi connectivity index (χ2v) is 5.43. The summed E-state index contributed by atoms with van der Waals surface area (Å²) in [6, 6.07) is 16.9. The number of hydrogen-bond donors (Lipinski definition) is 3. The minimum atomic E-state index is -0.272. The van der Waals surface area contributed by atoms with E-state index in [9.17, 15) is 9.59 Å². The molecular formula is C19H21N3O2. The number of carbonyl (C=O) groups is 2. The Morgan fingerprint density at radius 2 is 1.50 bits per heavy atom. The van der Waals surface area contributed by atoms with Gasteiger partial charge < -0.3 is 5.32 Å². The van der Waals surface area contributed by atoms with E-state index >= 15 is 0 Å². The predicted octanol–water partition coefficient (Wildman–Crippen LogP) is 3.01. The van der Waals surface area contributed by atoms with Crippen LogP contribution >= 0.6 is 0 Å². The third-order valence-corrected chi connectivity index (χ3v) is 3.39. The summed E-state index contributed by atoms with van der Waals surface area (Å²) in [5, 5.41) is 2.74. The lowest BCUT2D eigenvalue weighted by Gasteiger charge is -2.11. The molecule has 0 aliphatic rings. The first-order chi connectivity index (χ1) is 11.5. The quantitative estimate of drug-likeness (QED) is 0.686. The second-order valence-electron chi connectivity index (χ2n) is 5.43. The largest absolute Gasteiger partial charge is 0.326 e. The van der Waals surface area contributed by atoms with Crippen LogP contribution in [0.2, 0.25) is 0 Å². The fourth-order valence-electron chi connectivity index (χ4n) is 2.01. The van der Waals surface area contributed by atoms with E-state index in [-0.39, 0.29) is 24.7 Å². The molecular weight excluding hydrogens is 302 g/mol. The predicted molar refractivity (Wildman–Crippen MR) is 95.8 cm³/mol. The van der Waals surface area contributed by atoms with Crippen LogP contribution in [0, 0.1) is 6.92 Å². The lowest BCUT2D eigenvalue weighted by Crippen LogP contribution is -2.36. The van der Waals surface area contributed by atoms with Gasteiger partial charge in [0.15, 0.2) is 0 Å². The zero-order valence-electron chi connectivity index (χ0n) is 13.6. The minimum absolute atomic E-state index is 0.0901. The van der Waals surface area contributed by atoms with Crippen LogP contribution < -0.4 is 16.2 Å². The number of anilines is 1. The maximum absolute atomic E-state index is 11.8. The molecule has 0 bridgehead atoms. The molecule has 0 fully saturated rings. The number of nitrogens with one attached hydrogen (secondary N) is 3. The normalized spacial score (nSPS) is 9.88. The lowest BCUT2D eigenvalue weighted by atomic mass is 10.1. The molecule has 0 aliphatic heterocycles. The molecule has 0 atom stereocenters. The van der Waals surface area contributed by atoms with Gasteiger partial charge in [0.1, 0.15) is 0 Å². The molecule has 0 aliphatic carbocycles. The van der Waals surface area contributed by atoms with Gasteiger partial charge in [-0.1, -0.05) is 54.6 Å². The Labute approximate surface area is 141 Å². The van der Waals surface area contributed by atoms with E-state index in [1.807, 2.05) is 49.4 Å². The second kappa shape index (κ2) is 8.53. The van der Waals surface area contributed by atoms with E-state index in [1.54, 1.807) is 12.1 Å². The van der Waals surface area contributed by atoms with Crippen molar-refractivity contribution >= 4 is 23.2 Å². The first kappa shape index (κ1) is 17.3. The molecule has 0 saturated heterocycles. The van der Waals surface area contributed by atoms with Crippen LogP contribution in [0.15, 0.2) is 61.2 Å². The van der Waals surface area contributed by atoms with Crippen LogP contribution in [0.5, 0.6) is 0 Å². The van der Waals surface area contributed by atoms with E-state index in [4.69, 9.17) is 0 Å². The Morgan fingerprint density at radius 1 is 0.875 bits per heavy atom. The number of rotatable bonds is 7. The molecule has 5 nitrogen and oxygen atoms in total. The fraction of sp³-hybridized carbons (Fsp3) is 0.158. The van der Waals surface area contributed by atoms with Gasteiger partial charge in [0, 0.05) is 18.5 Å². The highest BCUT2D eigenvalue weighted by Crippen LogP contribution is 2.10. The number of aryl methyl sites for hydroxylation is 1. The van der Waals surface area contributed by atoms with Crippen LogP contribution in [0.3, 0.4) is 0 Å². The number of amides is 2. The highest BCUT2D eigenvalue weighted by Gasteiger charge is 2.07. The van der Waals surface area contributed by atoms with Gasteiger partial charge in [-0.05, 0) is 24.6 Å². The summed E-state index contributed by atoms with van der Waals surface area (Å²) in [5.41, 5.74) is 8.67. The van der Waals surface area contributed by atoms with Crippen LogP contribution in [0.1, 0.15) is 24.0 Å². The topological polar surface area (TPSA) is 70.2 Å². The molecule has 2 rings (SSSR count). The van der Waals surface area contributed by atoms with Gasteiger partial charge in [-0.3, -0.25) is 20.4 Å². The third-order valence-electron chi connectivity index (χ3n) is 3.39.